The van der Waals surface area contributed by atoms with Crippen molar-refractivity contribution < 1.29 is 36.3 Å². The van der Waals surface area contributed by atoms with E-state index in [1.54, 1.807) is 0 Å². The Hall–Kier alpha value is -3.15. The third-order valence-corrected chi connectivity index (χ3v) is 5.54. The van der Waals surface area contributed by atoms with Crippen LogP contribution in [-0.2, 0) is 4.79 Å². The topological polar surface area (TPSA) is 97.6 Å². The molecule has 3 amide bonds. The quantitative estimate of drug-likeness (QED) is 0.625. The van der Waals surface area contributed by atoms with Crippen LogP contribution in [0.5, 0.6) is 5.88 Å². The Morgan fingerprint density at radius 3 is 2.58 bits per heavy atom. The highest BCUT2D eigenvalue weighted by Gasteiger charge is 2.52. The lowest BCUT2D eigenvalue weighted by Crippen LogP contribution is -2.68. The van der Waals surface area contributed by atoms with Gasteiger partial charge in [-0.05, 0) is 36.8 Å². The average Bonchev–Trinajstić information content (AvgIpc) is 2.72. The van der Waals surface area contributed by atoms with Crippen LogP contribution in [0.15, 0.2) is 30.3 Å². The Labute approximate surface area is 189 Å². The lowest BCUT2D eigenvalue weighted by molar-refractivity contribution is -0.154. The molecule has 2 atom stereocenters. The molecule has 1 saturated heterocycles. The standard InChI is InChI=1S/C20H18ClF5N4O3/c1-19(17(31)28-6-7-30(19)18(27)32)15(10-2-3-12(22)11(21)8-10)14-5-4-13(23)16(29-14)33-9-20(24,25)26/h2-5,8,15H,6-7,9H2,1H3,(H2,27,32)(H,28,31)/t15-,19?/m0/s1. The summed E-state index contributed by atoms with van der Waals surface area (Å²) in [7, 11) is 0. The van der Waals surface area contributed by atoms with E-state index in [0.717, 1.165) is 23.1 Å². The fourth-order valence-corrected chi connectivity index (χ4v) is 3.96. The van der Waals surface area contributed by atoms with Gasteiger partial charge in [0, 0.05) is 13.1 Å². The summed E-state index contributed by atoms with van der Waals surface area (Å²) < 4.78 is 70.2. The van der Waals surface area contributed by atoms with Gasteiger partial charge in [0.05, 0.1) is 16.6 Å². The van der Waals surface area contributed by atoms with Crippen molar-refractivity contribution >= 4 is 23.5 Å². The van der Waals surface area contributed by atoms with Crippen LogP contribution in [0.3, 0.4) is 0 Å². The molecule has 0 radical (unpaired) electrons. The van der Waals surface area contributed by atoms with E-state index in [4.69, 9.17) is 17.3 Å². The highest BCUT2D eigenvalue weighted by Crippen LogP contribution is 2.41. The van der Waals surface area contributed by atoms with Crippen LogP contribution in [0.25, 0.3) is 0 Å². The molecular weight excluding hydrogens is 475 g/mol. The van der Waals surface area contributed by atoms with E-state index in [0.29, 0.717) is 0 Å². The van der Waals surface area contributed by atoms with Gasteiger partial charge in [0.2, 0.25) is 5.91 Å². The van der Waals surface area contributed by atoms with Crippen molar-refractivity contribution in [1.82, 2.24) is 15.2 Å². The minimum absolute atomic E-state index is 0.00161. The van der Waals surface area contributed by atoms with E-state index < -0.39 is 53.7 Å². The smallest absolute Gasteiger partial charge is 0.422 e. The van der Waals surface area contributed by atoms with Gasteiger partial charge >= 0.3 is 12.2 Å². The molecular formula is C20H18ClF5N4O3. The molecule has 1 fully saturated rings. The van der Waals surface area contributed by atoms with E-state index in [-0.39, 0.29) is 29.4 Å². The Bertz CT molecular complexity index is 1080. The Kier molecular flexibility index (Phi) is 6.68. The number of primary amides is 1. The minimum atomic E-state index is -4.76. The predicted molar refractivity (Wildman–Crippen MR) is 107 cm³/mol. The van der Waals surface area contributed by atoms with Crippen LogP contribution in [0, 0.1) is 11.6 Å². The number of hydrogen-bond donors (Lipinski definition) is 2. The van der Waals surface area contributed by atoms with Crippen LogP contribution >= 0.6 is 11.6 Å². The first-order valence-corrected chi connectivity index (χ1v) is 9.88. The third-order valence-electron chi connectivity index (χ3n) is 5.25. The summed E-state index contributed by atoms with van der Waals surface area (Å²) in [5, 5.41) is 2.28. The highest BCUT2D eigenvalue weighted by molar-refractivity contribution is 6.30. The number of carbonyl (C=O) groups is 2. The van der Waals surface area contributed by atoms with E-state index >= 15 is 0 Å². The lowest BCUT2D eigenvalue weighted by Gasteiger charge is -2.47. The first kappa shape index (κ1) is 24.5. The number of nitrogens with one attached hydrogen (secondary N) is 1. The predicted octanol–water partition coefficient (Wildman–Crippen LogP) is 3.36. The minimum Gasteiger partial charge on any atom is -0.466 e. The molecule has 0 bridgehead atoms. The van der Waals surface area contributed by atoms with Gasteiger partial charge in [-0.2, -0.15) is 13.2 Å². The lowest BCUT2D eigenvalue weighted by atomic mass is 9.75. The summed E-state index contributed by atoms with van der Waals surface area (Å²) in [6.07, 6.45) is -4.76. The zero-order valence-corrected chi connectivity index (χ0v) is 17.8. The van der Waals surface area contributed by atoms with E-state index in [9.17, 15) is 31.5 Å². The van der Waals surface area contributed by atoms with Crippen molar-refractivity contribution in [3.8, 4) is 5.88 Å². The number of hydrogen-bond acceptors (Lipinski definition) is 4. The maximum atomic E-state index is 14.2. The number of halogens is 6. The maximum absolute atomic E-state index is 14.2. The number of amides is 3. The number of nitrogens with zero attached hydrogens (tertiary/aromatic N) is 2. The third kappa shape index (κ3) is 4.95. The first-order chi connectivity index (χ1) is 15.3. The van der Waals surface area contributed by atoms with Gasteiger partial charge in [0.1, 0.15) is 11.4 Å². The number of nitrogens with two attached hydrogens (primary N) is 1. The summed E-state index contributed by atoms with van der Waals surface area (Å²) in [5.74, 6) is -4.82. The molecule has 2 heterocycles. The molecule has 2 aromatic rings. The fraction of sp³-hybridized carbons (Fsp3) is 0.350. The van der Waals surface area contributed by atoms with Gasteiger partial charge < -0.3 is 20.7 Å². The van der Waals surface area contributed by atoms with Gasteiger partial charge in [-0.3, -0.25) is 4.79 Å². The molecule has 3 rings (SSSR count). The molecule has 7 nitrogen and oxygen atoms in total. The molecule has 1 aliphatic rings. The average molecular weight is 493 g/mol. The SMILES string of the molecule is CC1([C@@H](c2ccc(F)c(Cl)c2)c2ccc(F)c(OCC(F)(F)F)n2)C(=O)NCCN1C(N)=O. The van der Waals surface area contributed by atoms with Gasteiger partial charge in [-0.1, -0.05) is 17.7 Å². The van der Waals surface area contributed by atoms with Gasteiger partial charge in [0.25, 0.3) is 5.88 Å². The molecule has 33 heavy (non-hydrogen) atoms. The van der Waals surface area contributed by atoms with Crippen molar-refractivity contribution in [2.24, 2.45) is 5.73 Å². The number of carbonyl (C=O) groups excluding carboxylic acids is 2. The monoisotopic (exact) mass is 492 g/mol. The second kappa shape index (κ2) is 9.00. The van der Waals surface area contributed by atoms with Crippen molar-refractivity contribution in [3.05, 3.63) is 58.2 Å². The molecule has 0 aliphatic carbocycles. The molecule has 1 unspecified atom stereocenters. The number of piperazine rings is 1. The number of benzene rings is 1. The fourth-order valence-electron chi connectivity index (χ4n) is 3.77. The van der Waals surface area contributed by atoms with Crippen LogP contribution in [-0.4, -0.2) is 53.2 Å². The molecule has 13 heteroatoms. The molecule has 0 spiro atoms. The number of aromatic nitrogens is 1. The Balaban J connectivity index is 2.21. The number of urea groups is 1. The van der Waals surface area contributed by atoms with Crippen molar-refractivity contribution in [2.75, 3.05) is 19.7 Å². The number of rotatable bonds is 5. The summed E-state index contributed by atoms with van der Waals surface area (Å²) in [6, 6.07) is 4.42. The zero-order valence-electron chi connectivity index (χ0n) is 17.0. The van der Waals surface area contributed by atoms with Crippen molar-refractivity contribution in [3.63, 3.8) is 0 Å². The zero-order chi connectivity index (χ0) is 24.6. The summed E-state index contributed by atoms with van der Waals surface area (Å²) in [4.78, 5) is 30.1. The maximum Gasteiger partial charge on any atom is 0.422 e. The van der Waals surface area contributed by atoms with Gasteiger partial charge in [-0.15, -0.1) is 0 Å². The normalized spacial score (nSPS) is 19.7. The largest absolute Gasteiger partial charge is 0.466 e. The summed E-state index contributed by atoms with van der Waals surface area (Å²) in [5.41, 5.74) is 3.75. The molecule has 0 saturated carbocycles. The van der Waals surface area contributed by atoms with E-state index in [1.807, 2.05) is 0 Å². The van der Waals surface area contributed by atoms with Crippen LogP contribution in [0.1, 0.15) is 24.1 Å². The molecule has 1 aromatic carbocycles. The summed E-state index contributed by atoms with van der Waals surface area (Å²) >= 11 is 5.91. The molecule has 1 aromatic heterocycles. The Morgan fingerprint density at radius 1 is 1.30 bits per heavy atom. The molecule has 3 N–H and O–H groups in total. The molecule has 1 aliphatic heterocycles. The van der Waals surface area contributed by atoms with Crippen molar-refractivity contribution in [1.29, 1.82) is 0 Å². The highest BCUT2D eigenvalue weighted by atomic mass is 35.5. The number of alkyl halides is 3. The van der Waals surface area contributed by atoms with Crippen LogP contribution in [0.2, 0.25) is 5.02 Å². The second-order valence-electron chi connectivity index (χ2n) is 7.43. The Morgan fingerprint density at radius 2 is 1.97 bits per heavy atom. The van der Waals surface area contributed by atoms with E-state index in [1.165, 1.54) is 19.1 Å². The van der Waals surface area contributed by atoms with Crippen LogP contribution in [0.4, 0.5) is 26.7 Å². The van der Waals surface area contributed by atoms with Crippen molar-refractivity contribution in [2.45, 2.75) is 24.6 Å². The number of pyridine rings is 1. The van der Waals surface area contributed by atoms with Gasteiger partial charge in [0.15, 0.2) is 12.4 Å². The van der Waals surface area contributed by atoms with Gasteiger partial charge in [-0.25, -0.2) is 18.6 Å². The van der Waals surface area contributed by atoms with E-state index in [2.05, 4.69) is 15.0 Å². The second-order valence-corrected chi connectivity index (χ2v) is 7.83. The first-order valence-electron chi connectivity index (χ1n) is 9.51. The number of ether oxygens (including phenoxy) is 1. The van der Waals surface area contributed by atoms with Crippen LogP contribution < -0.4 is 15.8 Å². The molecule has 178 valence electrons. The summed E-state index contributed by atoms with van der Waals surface area (Å²) in [6.45, 7) is -0.360.